The second kappa shape index (κ2) is 6.79. The van der Waals surface area contributed by atoms with Gasteiger partial charge in [-0.15, -0.1) is 0 Å². The minimum Gasteiger partial charge on any atom is -0.356 e. The lowest BCUT2D eigenvalue weighted by Gasteiger charge is -2.36. The van der Waals surface area contributed by atoms with Gasteiger partial charge in [0.25, 0.3) is 0 Å². The van der Waals surface area contributed by atoms with Crippen LogP contribution in [0.5, 0.6) is 0 Å². The highest BCUT2D eigenvalue weighted by Crippen LogP contribution is 2.38. The molecule has 1 saturated heterocycles. The highest BCUT2D eigenvalue weighted by Gasteiger charge is 2.33. The Morgan fingerprint density at radius 1 is 1.38 bits per heavy atom. The molecule has 2 aromatic heterocycles. The van der Waals surface area contributed by atoms with E-state index < -0.39 is 0 Å². The Morgan fingerprint density at radius 2 is 2.17 bits per heavy atom. The van der Waals surface area contributed by atoms with Gasteiger partial charge in [0.05, 0.1) is 29.2 Å². The fourth-order valence-electron chi connectivity index (χ4n) is 3.56. The minimum absolute atomic E-state index is 0.0603. The Labute approximate surface area is 142 Å². The van der Waals surface area contributed by atoms with E-state index in [2.05, 4.69) is 10.3 Å². The molecule has 0 N–H and O–H groups in total. The number of aryl methyl sites for hydroxylation is 2. The third kappa shape index (κ3) is 2.85. The van der Waals surface area contributed by atoms with Crippen molar-refractivity contribution in [1.29, 1.82) is 0 Å². The third-order valence-corrected chi connectivity index (χ3v) is 4.99. The SMILES string of the molecule is CCCC(=O)N1CCCC[C@H]1c1c(-c2onc(C)c2C)cnn1C. The van der Waals surface area contributed by atoms with Crippen molar-refractivity contribution in [1.82, 2.24) is 19.8 Å². The van der Waals surface area contributed by atoms with E-state index in [0.717, 1.165) is 60.5 Å². The quantitative estimate of drug-likeness (QED) is 0.860. The number of carbonyl (C=O) groups is 1. The molecule has 130 valence electrons. The molecule has 0 unspecified atom stereocenters. The standard InChI is InChI=1S/C18H26N4O2/c1-5-8-16(23)22-10-7-6-9-15(22)17-14(11-19-21(17)4)18-12(2)13(3)20-24-18/h11,15H,5-10H2,1-4H3/t15-/m0/s1. The van der Waals surface area contributed by atoms with Gasteiger partial charge < -0.3 is 9.42 Å². The summed E-state index contributed by atoms with van der Waals surface area (Å²) in [6.45, 7) is 6.82. The number of amides is 1. The molecular weight excluding hydrogens is 304 g/mol. The van der Waals surface area contributed by atoms with Crippen molar-refractivity contribution >= 4 is 5.91 Å². The Bertz CT molecular complexity index is 731. The van der Waals surface area contributed by atoms with Gasteiger partial charge in [-0.25, -0.2) is 0 Å². The summed E-state index contributed by atoms with van der Waals surface area (Å²) in [6, 6.07) is 0.0603. The van der Waals surface area contributed by atoms with Gasteiger partial charge in [0.15, 0.2) is 5.76 Å². The van der Waals surface area contributed by atoms with E-state index in [4.69, 9.17) is 4.52 Å². The number of hydrogen-bond donors (Lipinski definition) is 0. The molecule has 3 rings (SSSR count). The smallest absolute Gasteiger partial charge is 0.223 e. The monoisotopic (exact) mass is 330 g/mol. The maximum absolute atomic E-state index is 12.6. The first-order chi connectivity index (χ1) is 11.5. The molecule has 1 amide bonds. The largest absolute Gasteiger partial charge is 0.356 e. The number of nitrogens with zero attached hydrogens (tertiary/aromatic N) is 4. The van der Waals surface area contributed by atoms with E-state index in [0.29, 0.717) is 6.42 Å². The molecule has 3 heterocycles. The number of carbonyl (C=O) groups excluding carboxylic acids is 1. The van der Waals surface area contributed by atoms with Gasteiger partial charge >= 0.3 is 0 Å². The normalized spacial score (nSPS) is 18.2. The summed E-state index contributed by atoms with van der Waals surface area (Å²) >= 11 is 0. The van der Waals surface area contributed by atoms with Crippen molar-refractivity contribution in [2.45, 2.75) is 58.9 Å². The van der Waals surface area contributed by atoms with E-state index >= 15 is 0 Å². The van der Waals surface area contributed by atoms with Crippen molar-refractivity contribution < 1.29 is 9.32 Å². The first-order valence-corrected chi connectivity index (χ1v) is 8.79. The zero-order valence-corrected chi connectivity index (χ0v) is 15.0. The molecule has 2 aromatic rings. The van der Waals surface area contributed by atoms with Crippen LogP contribution in [0.4, 0.5) is 0 Å². The van der Waals surface area contributed by atoms with Crippen LogP contribution in [0.2, 0.25) is 0 Å². The summed E-state index contributed by atoms with van der Waals surface area (Å²) in [5.41, 5.74) is 3.93. The predicted octanol–water partition coefficient (Wildman–Crippen LogP) is 3.55. The lowest BCUT2D eigenvalue weighted by molar-refractivity contribution is -0.135. The molecule has 24 heavy (non-hydrogen) atoms. The van der Waals surface area contributed by atoms with Gasteiger partial charge in [0, 0.05) is 25.6 Å². The minimum atomic E-state index is 0.0603. The first-order valence-electron chi connectivity index (χ1n) is 8.79. The molecule has 1 aliphatic heterocycles. The van der Waals surface area contributed by atoms with E-state index in [-0.39, 0.29) is 11.9 Å². The molecular formula is C18H26N4O2. The predicted molar refractivity (Wildman–Crippen MR) is 91.4 cm³/mol. The molecule has 0 spiro atoms. The maximum atomic E-state index is 12.6. The van der Waals surface area contributed by atoms with Crippen LogP contribution >= 0.6 is 0 Å². The Hall–Kier alpha value is -2.11. The van der Waals surface area contributed by atoms with Gasteiger partial charge in [0.1, 0.15) is 0 Å². The third-order valence-electron chi connectivity index (χ3n) is 4.99. The maximum Gasteiger partial charge on any atom is 0.223 e. The Kier molecular flexibility index (Phi) is 4.73. The van der Waals surface area contributed by atoms with Crippen molar-refractivity contribution in [3.63, 3.8) is 0 Å². The van der Waals surface area contributed by atoms with Crippen LogP contribution in [0.15, 0.2) is 10.7 Å². The van der Waals surface area contributed by atoms with E-state index in [9.17, 15) is 4.79 Å². The lowest BCUT2D eigenvalue weighted by Crippen LogP contribution is -2.39. The number of rotatable bonds is 4. The average Bonchev–Trinajstić information content (AvgIpc) is 3.11. The van der Waals surface area contributed by atoms with Crippen LogP contribution < -0.4 is 0 Å². The van der Waals surface area contributed by atoms with Crippen molar-refractivity contribution in [3.05, 3.63) is 23.1 Å². The average molecular weight is 330 g/mol. The van der Waals surface area contributed by atoms with Crippen molar-refractivity contribution in [3.8, 4) is 11.3 Å². The number of aromatic nitrogens is 3. The summed E-state index contributed by atoms with van der Waals surface area (Å²) in [4.78, 5) is 14.6. The van der Waals surface area contributed by atoms with Crippen molar-refractivity contribution in [2.24, 2.45) is 7.05 Å². The topological polar surface area (TPSA) is 64.2 Å². The lowest BCUT2D eigenvalue weighted by atomic mass is 9.94. The van der Waals surface area contributed by atoms with Gasteiger partial charge in [-0.3, -0.25) is 9.48 Å². The van der Waals surface area contributed by atoms with E-state index in [1.807, 2.05) is 43.6 Å². The molecule has 6 heteroatoms. The number of likely N-dealkylation sites (tertiary alicyclic amines) is 1. The Morgan fingerprint density at radius 3 is 2.83 bits per heavy atom. The van der Waals surface area contributed by atoms with Gasteiger partial charge in [0.2, 0.25) is 5.91 Å². The second-order valence-electron chi connectivity index (χ2n) is 6.64. The fourth-order valence-corrected chi connectivity index (χ4v) is 3.56. The molecule has 0 radical (unpaired) electrons. The van der Waals surface area contributed by atoms with E-state index in [1.54, 1.807) is 0 Å². The molecule has 1 atom stereocenters. The van der Waals surface area contributed by atoms with E-state index in [1.165, 1.54) is 0 Å². The highest BCUT2D eigenvalue weighted by molar-refractivity contribution is 5.77. The zero-order chi connectivity index (χ0) is 17.3. The molecule has 0 saturated carbocycles. The van der Waals surface area contributed by atoms with Gasteiger partial charge in [-0.2, -0.15) is 5.10 Å². The molecule has 0 aromatic carbocycles. The second-order valence-corrected chi connectivity index (χ2v) is 6.64. The molecule has 1 fully saturated rings. The summed E-state index contributed by atoms with van der Waals surface area (Å²) in [5.74, 6) is 1.00. The molecule has 6 nitrogen and oxygen atoms in total. The summed E-state index contributed by atoms with van der Waals surface area (Å²) in [5, 5.41) is 8.53. The zero-order valence-electron chi connectivity index (χ0n) is 15.0. The number of hydrogen-bond acceptors (Lipinski definition) is 4. The molecule has 0 aliphatic carbocycles. The fraction of sp³-hybridized carbons (Fsp3) is 0.611. The van der Waals surface area contributed by atoms with Crippen LogP contribution in [0.3, 0.4) is 0 Å². The summed E-state index contributed by atoms with van der Waals surface area (Å²) in [6.07, 6.45) is 6.47. The molecule has 1 aliphatic rings. The van der Waals surface area contributed by atoms with Crippen molar-refractivity contribution in [2.75, 3.05) is 6.54 Å². The van der Waals surface area contributed by atoms with Crippen LogP contribution in [-0.4, -0.2) is 32.3 Å². The first kappa shape index (κ1) is 16.7. The summed E-state index contributed by atoms with van der Waals surface area (Å²) in [7, 11) is 1.94. The number of piperidine rings is 1. The van der Waals surface area contributed by atoms with Crippen LogP contribution in [0.25, 0.3) is 11.3 Å². The van der Waals surface area contributed by atoms with Crippen LogP contribution in [0.1, 0.15) is 62.0 Å². The Balaban J connectivity index is 2.03. The van der Waals surface area contributed by atoms with Crippen LogP contribution in [-0.2, 0) is 11.8 Å². The summed E-state index contributed by atoms with van der Waals surface area (Å²) < 4.78 is 7.45. The molecule has 0 bridgehead atoms. The highest BCUT2D eigenvalue weighted by atomic mass is 16.5. The van der Waals surface area contributed by atoms with Gasteiger partial charge in [-0.1, -0.05) is 12.1 Å². The van der Waals surface area contributed by atoms with Crippen LogP contribution in [0, 0.1) is 13.8 Å². The van der Waals surface area contributed by atoms with Gasteiger partial charge in [-0.05, 0) is 39.5 Å².